The van der Waals surface area contributed by atoms with Crippen LogP contribution in [0, 0.1) is 0 Å². The molecule has 0 saturated carbocycles. The van der Waals surface area contributed by atoms with Crippen LogP contribution in [0.4, 0.5) is 0 Å². The van der Waals surface area contributed by atoms with E-state index in [1.807, 2.05) is 7.11 Å². The zero-order valence-electron chi connectivity index (χ0n) is 10.0. The van der Waals surface area contributed by atoms with E-state index in [1.54, 1.807) is 7.05 Å². The third kappa shape index (κ3) is 11.4. The average molecular weight is 217 g/mol. The van der Waals surface area contributed by atoms with Crippen molar-refractivity contribution in [1.29, 1.82) is 0 Å². The van der Waals surface area contributed by atoms with Crippen LogP contribution in [0.25, 0.3) is 0 Å². The SMILES string of the molecule is C=CC(=O)NC.CCC[Si](C)(C)OC. The van der Waals surface area contributed by atoms with E-state index in [2.05, 4.69) is 31.9 Å². The molecule has 0 fully saturated rings. The number of hydrogen-bond acceptors (Lipinski definition) is 2. The van der Waals surface area contributed by atoms with Crippen LogP contribution in [0.1, 0.15) is 13.3 Å². The summed E-state index contributed by atoms with van der Waals surface area (Å²) in [5.41, 5.74) is 0. The van der Waals surface area contributed by atoms with Gasteiger partial charge in [0.25, 0.3) is 0 Å². The first-order chi connectivity index (χ1) is 6.43. The van der Waals surface area contributed by atoms with Gasteiger partial charge in [-0.3, -0.25) is 4.79 Å². The molecule has 0 aliphatic carbocycles. The molecule has 0 spiro atoms. The number of likely N-dealkylation sites (N-methyl/N-ethyl adjacent to an activating group) is 1. The molecule has 1 N–H and O–H groups in total. The fourth-order valence-corrected chi connectivity index (χ4v) is 2.21. The van der Waals surface area contributed by atoms with Crippen molar-refractivity contribution in [2.45, 2.75) is 32.5 Å². The molecule has 0 saturated heterocycles. The van der Waals surface area contributed by atoms with Crippen LogP contribution >= 0.6 is 0 Å². The maximum Gasteiger partial charge on any atom is 0.243 e. The van der Waals surface area contributed by atoms with Crippen LogP contribution in [0.3, 0.4) is 0 Å². The van der Waals surface area contributed by atoms with Crippen LogP contribution in [-0.2, 0) is 9.22 Å². The predicted molar refractivity (Wildman–Crippen MR) is 63.9 cm³/mol. The zero-order valence-corrected chi connectivity index (χ0v) is 11.0. The highest BCUT2D eigenvalue weighted by Crippen LogP contribution is 2.10. The summed E-state index contributed by atoms with van der Waals surface area (Å²) in [5, 5.41) is 2.36. The van der Waals surface area contributed by atoms with E-state index >= 15 is 0 Å². The van der Waals surface area contributed by atoms with Crippen LogP contribution in [0.15, 0.2) is 12.7 Å². The third-order valence-corrected chi connectivity index (χ3v) is 4.65. The lowest BCUT2D eigenvalue weighted by Crippen LogP contribution is -2.27. The Kier molecular flexibility index (Phi) is 10.1. The lowest BCUT2D eigenvalue weighted by molar-refractivity contribution is -0.116. The summed E-state index contributed by atoms with van der Waals surface area (Å²) in [6, 6.07) is 1.28. The Labute approximate surface area is 88.7 Å². The first-order valence-corrected chi connectivity index (χ1v) is 7.94. The van der Waals surface area contributed by atoms with Gasteiger partial charge >= 0.3 is 0 Å². The molecule has 84 valence electrons. The highest BCUT2D eigenvalue weighted by atomic mass is 28.4. The van der Waals surface area contributed by atoms with Crippen molar-refractivity contribution in [2.75, 3.05) is 14.2 Å². The second-order valence-electron chi connectivity index (χ2n) is 3.53. The second-order valence-corrected chi connectivity index (χ2v) is 7.96. The summed E-state index contributed by atoms with van der Waals surface area (Å²) in [6.07, 6.45) is 2.48. The van der Waals surface area contributed by atoms with Gasteiger partial charge in [-0.25, -0.2) is 0 Å². The minimum atomic E-state index is -1.18. The molecule has 0 rings (SSSR count). The molecule has 0 aliphatic heterocycles. The van der Waals surface area contributed by atoms with Gasteiger partial charge in [-0.1, -0.05) is 19.9 Å². The van der Waals surface area contributed by atoms with E-state index in [4.69, 9.17) is 4.43 Å². The first-order valence-electron chi connectivity index (χ1n) is 4.82. The van der Waals surface area contributed by atoms with Crippen molar-refractivity contribution in [3.8, 4) is 0 Å². The average Bonchev–Trinajstić information content (AvgIpc) is 2.17. The Bertz CT molecular complexity index is 170. The van der Waals surface area contributed by atoms with Crippen molar-refractivity contribution in [3.63, 3.8) is 0 Å². The number of nitrogens with one attached hydrogen (secondary N) is 1. The smallest absolute Gasteiger partial charge is 0.243 e. The predicted octanol–water partition coefficient (Wildman–Crippen LogP) is 2.17. The Hall–Kier alpha value is -0.613. The molecule has 3 nitrogen and oxygen atoms in total. The molecular weight excluding hydrogens is 194 g/mol. The largest absolute Gasteiger partial charge is 0.420 e. The van der Waals surface area contributed by atoms with Crippen molar-refractivity contribution < 1.29 is 9.22 Å². The van der Waals surface area contributed by atoms with Gasteiger partial charge in [0.2, 0.25) is 5.91 Å². The molecule has 0 radical (unpaired) electrons. The molecule has 0 atom stereocenters. The monoisotopic (exact) mass is 217 g/mol. The number of carbonyl (C=O) groups is 1. The quantitative estimate of drug-likeness (QED) is 0.579. The van der Waals surface area contributed by atoms with Gasteiger partial charge in [0, 0.05) is 14.2 Å². The van der Waals surface area contributed by atoms with Crippen LogP contribution in [-0.4, -0.2) is 28.4 Å². The van der Waals surface area contributed by atoms with Crippen molar-refractivity contribution in [3.05, 3.63) is 12.7 Å². The van der Waals surface area contributed by atoms with Crippen LogP contribution in [0.5, 0.6) is 0 Å². The molecular formula is C10H23NO2Si. The standard InChI is InChI=1S/C6H16OSi.C4H7NO/c1-5-6-8(3,4)7-2;1-3-4(6)5-2/h5-6H2,1-4H3;3H,1H2,2H3,(H,5,6). The Morgan fingerprint density at radius 1 is 1.57 bits per heavy atom. The van der Waals surface area contributed by atoms with Gasteiger partial charge in [0.05, 0.1) is 0 Å². The summed E-state index contributed by atoms with van der Waals surface area (Å²) in [4.78, 5) is 9.95. The van der Waals surface area contributed by atoms with Crippen molar-refractivity contribution >= 4 is 14.2 Å². The van der Waals surface area contributed by atoms with Gasteiger partial charge in [-0.2, -0.15) is 0 Å². The Morgan fingerprint density at radius 3 is 2.14 bits per heavy atom. The summed E-state index contributed by atoms with van der Waals surface area (Å²) < 4.78 is 5.32. The normalized spacial score (nSPS) is 9.79. The second kappa shape index (κ2) is 8.96. The van der Waals surface area contributed by atoms with E-state index in [0.717, 1.165) is 0 Å². The topological polar surface area (TPSA) is 38.3 Å². The number of rotatable bonds is 4. The molecule has 0 aromatic carbocycles. The number of amides is 1. The molecule has 0 aromatic rings. The highest BCUT2D eigenvalue weighted by Gasteiger charge is 2.17. The summed E-state index contributed by atoms with van der Waals surface area (Å²) in [6.45, 7) is 9.91. The minimum absolute atomic E-state index is 0.144. The summed E-state index contributed by atoms with van der Waals surface area (Å²) >= 11 is 0. The van der Waals surface area contributed by atoms with Gasteiger partial charge in [-0.05, 0) is 25.2 Å². The van der Waals surface area contributed by atoms with Crippen LogP contribution < -0.4 is 5.32 Å². The fourth-order valence-electron chi connectivity index (χ4n) is 0.806. The molecule has 0 unspecified atom stereocenters. The zero-order chi connectivity index (χ0) is 11.6. The van der Waals surface area contributed by atoms with E-state index in [0.29, 0.717) is 0 Å². The van der Waals surface area contributed by atoms with Gasteiger partial charge in [-0.15, -0.1) is 0 Å². The summed E-state index contributed by atoms with van der Waals surface area (Å²) in [7, 11) is 2.20. The number of carbonyl (C=O) groups excluding carboxylic acids is 1. The molecule has 0 bridgehead atoms. The van der Waals surface area contributed by atoms with Crippen molar-refractivity contribution in [2.24, 2.45) is 0 Å². The molecule has 0 heterocycles. The summed E-state index contributed by atoms with van der Waals surface area (Å²) in [5.74, 6) is -0.144. The molecule has 1 amide bonds. The van der Waals surface area contributed by atoms with Crippen molar-refractivity contribution in [1.82, 2.24) is 5.32 Å². The minimum Gasteiger partial charge on any atom is -0.420 e. The number of hydrogen-bond donors (Lipinski definition) is 1. The lowest BCUT2D eigenvalue weighted by Gasteiger charge is -2.17. The van der Waals surface area contributed by atoms with E-state index in [9.17, 15) is 4.79 Å². The van der Waals surface area contributed by atoms with Crippen LogP contribution in [0.2, 0.25) is 19.1 Å². The maximum atomic E-state index is 9.95. The molecule has 0 aliphatic rings. The first kappa shape index (κ1) is 15.8. The van der Waals surface area contributed by atoms with Gasteiger partial charge in [0.15, 0.2) is 8.32 Å². The third-order valence-electron chi connectivity index (χ3n) is 1.84. The Morgan fingerprint density at radius 2 is 2.07 bits per heavy atom. The van der Waals surface area contributed by atoms with Gasteiger partial charge < -0.3 is 9.74 Å². The van der Waals surface area contributed by atoms with Gasteiger partial charge in [0.1, 0.15) is 0 Å². The lowest BCUT2D eigenvalue weighted by atomic mass is 10.6. The molecule has 14 heavy (non-hydrogen) atoms. The van der Waals surface area contributed by atoms with E-state index < -0.39 is 8.32 Å². The molecule has 0 aromatic heterocycles. The van der Waals surface area contributed by atoms with E-state index in [-0.39, 0.29) is 5.91 Å². The molecule has 4 heteroatoms. The maximum absolute atomic E-state index is 9.95. The Balaban J connectivity index is 0. The highest BCUT2D eigenvalue weighted by molar-refractivity contribution is 6.71. The van der Waals surface area contributed by atoms with E-state index in [1.165, 1.54) is 18.5 Å². The fraction of sp³-hybridized carbons (Fsp3) is 0.700.